The first-order chi connectivity index (χ1) is 12.2. The number of hydrogen-bond acceptors (Lipinski definition) is 3. The Hall–Kier alpha value is -1.16. The van der Waals surface area contributed by atoms with Crippen molar-refractivity contribution in [3.05, 3.63) is 29.8 Å². The summed E-state index contributed by atoms with van der Waals surface area (Å²) in [6.45, 7) is 0.983. The van der Waals surface area contributed by atoms with Crippen LogP contribution in [0.4, 0.5) is 0 Å². The monoisotopic (exact) mass is 357 g/mol. The topological polar surface area (TPSA) is 29.5 Å². The molecule has 0 spiro atoms. The molecule has 0 radical (unpaired) electrons. The average Bonchev–Trinajstić information content (AvgIpc) is 2.98. The van der Waals surface area contributed by atoms with E-state index in [4.69, 9.17) is 4.74 Å². The number of amides is 1. The highest BCUT2D eigenvalue weighted by molar-refractivity contribution is 8.00. The van der Waals surface area contributed by atoms with E-state index in [1.54, 1.807) is 18.9 Å². The Morgan fingerprint density at radius 3 is 2.28 bits per heavy atom. The average molecular weight is 358 g/mol. The van der Waals surface area contributed by atoms with E-state index in [1.165, 1.54) is 37.7 Å². The predicted octanol–water partition coefficient (Wildman–Crippen LogP) is 4.34. The maximum Gasteiger partial charge on any atom is 0.233 e. The van der Waals surface area contributed by atoms with Gasteiger partial charge in [0.1, 0.15) is 11.1 Å². The van der Waals surface area contributed by atoms with Crippen molar-refractivity contribution in [2.75, 3.05) is 19.4 Å². The zero-order valence-electron chi connectivity index (χ0n) is 14.9. The lowest BCUT2D eigenvalue weighted by molar-refractivity contribution is -0.131. The smallest absolute Gasteiger partial charge is 0.233 e. The van der Waals surface area contributed by atoms with Crippen LogP contribution in [0.25, 0.3) is 0 Å². The first kappa shape index (κ1) is 16.0. The standard InChI is InChI=1S/C21H27NO2S/c1-24-18-4-2-15(3-5-18)21-22(20(23)12-25-21)11-19-16-7-13-6-14(9-16)10-17(19)8-13/h2-5,13-14,16-17,19,21H,6-12H2,1H3. The highest BCUT2D eigenvalue weighted by Crippen LogP contribution is 2.57. The molecule has 1 aromatic carbocycles. The lowest BCUT2D eigenvalue weighted by atomic mass is 9.52. The number of thioether (sulfide) groups is 1. The number of carbonyl (C=O) groups is 1. The molecular formula is C21H27NO2S. The Kier molecular flexibility index (Phi) is 3.99. The first-order valence-electron chi connectivity index (χ1n) is 9.76. The fourth-order valence-corrected chi connectivity index (χ4v) is 7.46. The summed E-state index contributed by atoms with van der Waals surface area (Å²) in [4.78, 5) is 14.8. The van der Waals surface area contributed by atoms with E-state index in [1.807, 2.05) is 12.1 Å². The molecule has 134 valence electrons. The maximum atomic E-state index is 12.6. The molecule has 1 unspecified atom stereocenters. The van der Waals surface area contributed by atoms with Gasteiger partial charge in [-0.2, -0.15) is 0 Å². The Balaban J connectivity index is 1.35. The van der Waals surface area contributed by atoms with Crippen molar-refractivity contribution in [1.29, 1.82) is 0 Å². The molecule has 4 aliphatic carbocycles. The highest BCUT2D eigenvalue weighted by Gasteiger charge is 2.49. The van der Waals surface area contributed by atoms with Crippen molar-refractivity contribution in [3.8, 4) is 5.75 Å². The normalized spacial score (nSPS) is 39.2. The van der Waals surface area contributed by atoms with Crippen LogP contribution in [0.2, 0.25) is 0 Å². The van der Waals surface area contributed by atoms with Gasteiger partial charge in [0.05, 0.1) is 12.9 Å². The zero-order chi connectivity index (χ0) is 17.0. The molecule has 4 heteroatoms. The van der Waals surface area contributed by atoms with Crippen molar-refractivity contribution in [2.45, 2.75) is 37.5 Å². The largest absolute Gasteiger partial charge is 0.497 e. The Labute approximate surface area is 154 Å². The van der Waals surface area contributed by atoms with Crippen LogP contribution in [0.1, 0.15) is 43.0 Å². The summed E-state index contributed by atoms with van der Waals surface area (Å²) in [6.07, 6.45) is 7.22. The number of ether oxygens (including phenoxy) is 1. The molecule has 25 heavy (non-hydrogen) atoms. The lowest BCUT2D eigenvalue weighted by Gasteiger charge is -2.55. The van der Waals surface area contributed by atoms with Gasteiger partial charge < -0.3 is 9.64 Å². The van der Waals surface area contributed by atoms with E-state index in [0.29, 0.717) is 11.7 Å². The second-order valence-corrected chi connectivity index (χ2v) is 9.65. The molecule has 5 fully saturated rings. The minimum absolute atomic E-state index is 0.190. The zero-order valence-corrected chi connectivity index (χ0v) is 15.7. The summed E-state index contributed by atoms with van der Waals surface area (Å²) < 4.78 is 5.28. The third kappa shape index (κ3) is 2.77. The van der Waals surface area contributed by atoms with E-state index in [0.717, 1.165) is 41.9 Å². The summed E-state index contributed by atoms with van der Waals surface area (Å²) in [5, 5.41) is 0.190. The minimum Gasteiger partial charge on any atom is -0.497 e. The SMILES string of the molecule is COc1ccc(C2SCC(=O)N2CC2C3CC4CC(C3)CC2C4)cc1. The number of nitrogens with zero attached hydrogens (tertiary/aromatic N) is 1. The van der Waals surface area contributed by atoms with Crippen LogP contribution in [0.3, 0.4) is 0 Å². The van der Waals surface area contributed by atoms with Crippen LogP contribution >= 0.6 is 11.8 Å². The molecule has 1 aliphatic heterocycles. The van der Waals surface area contributed by atoms with Gasteiger partial charge in [-0.3, -0.25) is 4.79 Å². The van der Waals surface area contributed by atoms with E-state index >= 15 is 0 Å². The van der Waals surface area contributed by atoms with E-state index in [-0.39, 0.29) is 5.37 Å². The lowest BCUT2D eigenvalue weighted by Crippen LogP contribution is -2.49. The van der Waals surface area contributed by atoms with Crippen LogP contribution in [-0.2, 0) is 4.79 Å². The van der Waals surface area contributed by atoms with E-state index in [2.05, 4.69) is 17.0 Å². The predicted molar refractivity (Wildman–Crippen MR) is 100 cm³/mol. The van der Waals surface area contributed by atoms with Crippen LogP contribution < -0.4 is 4.74 Å². The fraction of sp³-hybridized carbons (Fsp3) is 0.667. The van der Waals surface area contributed by atoms with Gasteiger partial charge in [-0.25, -0.2) is 0 Å². The molecule has 3 nitrogen and oxygen atoms in total. The summed E-state index contributed by atoms with van der Waals surface area (Å²) in [5.74, 6) is 6.35. The second kappa shape index (κ2) is 6.22. The van der Waals surface area contributed by atoms with Crippen molar-refractivity contribution in [1.82, 2.24) is 4.90 Å². The van der Waals surface area contributed by atoms with E-state index < -0.39 is 0 Å². The molecule has 4 bridgehead atoms. The Morgan fingerprint density at radius 1 is 1.04 bits per heavy atom. The van der Waals surface area contributed by atoms with Gasteiger partial charge in [0.2, 0.25) is 5.91 Å². The second-order valence-electron chi connectivity index (χ2n) is 8.58. The van der Waals surface area contributed by atoms with Crippen molar-refractivity contribution >= 4 is 17.7 Å². The van der Waals surface area contributed by atoms with Gasteiger partial charge in [0.25, 0.3) is 0 Å². The van der Waals surface area contributed by atoms with Gasteiger partial charge in [-0.15, -0.1) is 11.8 Å². The Morgan fingerprint density at radius 2 is 1.68 bits per heavy atom. The molecule has 0 aromatic heterocycles. The molecule has 6 rings (SSSR count). The van der Waals surface area contributed by atoms with Gasteiger partial charge in [-0.1, -0.05) is 12.1 Å². The number of carbonyl (C=O) groups excluding carboxylic acids is 1. The van der Waals surface area contributed by atoms with Gasteiger partial charge >= 0.3 is 0 Å². The molecule has 1 heterocycles. The molecule has 0 N–H and O–H groups in total. The van der Waals surface area contributed by atoms with E-state index in [9.17, 15) is 4.79 Å². The van der Waals surface area contributed by atoms with Crippen LogP contribution in [0, 0.1) is 29.6 Å². The van der Waals surface area contributed by atoms with Crippen LogP contribution in [0.5, 0.6) is 5.75 Å². The summed E-state index contributed by atoms with van der Waals surface area (Å²) in [5.41, 5.74) is 1.24. The van der Waals surface area contributed by atoms with Gasteiger partial charge in [-0.05, 0) is 79.4 Å². The third-order valence-electron chi connectivity index (χ3n) is 7.20. The number of hydrogen-bond donors (Lipinski definition) is 0. The highest BCUT2D eigenvalue weighted by atomic mass is 32.2. The molecule has 1 amide bonds. The van der Waals surface area contributed by atoms with Crippen molar-refractivity contribution in [3.63, 3.8) is 0 Å². The molecule has 4 saturated carbocycles. The van der Waals surface area contributed by atoms with Crippen LogP contribution in [0.15, 0.2) is 24.3 Å². The van der Waals surface area contributed by atoms with Gasteiger partial charge in [0.15, 0.2) is 0 Å². The number of methoxy groups -OCH3 is 1. The summed E-state index contributed by atoms with van der Waals surface area (Å²) >= 11 is 1.79. The quantitative estimate of drug-likeness (QED) is 0.803. The first-order valence-corrected chi connectivity index (χ1v) is 10.8. The molecule has 1 atom stereocenters. The molecule has 1 saturated heterocycles. The molecule has 5 aliphatic rings. The summed E-state index contributed by atoms with van der Waals surface area (Å²) in [7, 11) is 1.70. The molecular weight excluding hydrogens is 330 g/mol. The fourth-order valence-electron chi connectivity index (χ4n) is 6.26. The van der Waals surface area contributed by atoms with Crippen LogP contribution in [-0.4, -0.2) is 30.2 Å². The maximum absolute atomic E-state index is 12.6. The van der Waals surface area contributed by atoms with Crippen molar-refractivity contribution in [2.24, 2.45) is 29.6 Å². The van der Waals surface area contributed by atoms with Crippen molar-refractivity contribution < 1.29 is 9.53 Å². The van der Waals surface area contributed by atoms with Gasteiger partial charge in [0, 0.05) is 6.54 Å². The summed E-state index contributed by atoms with van der Waals surface area (Å²) in [6, 6.07) is 8.28. The number of benzene rings is 1. The Bertz CT molecular complexity index is 630. The minimum atomic E-state index is 0.190. The third-order valence-corrected chi connectivity index (χ3v) is 8.45. The molecule has 1 aromatic rings. The number of rotatable bonds is 4.